The molecule has 11 heavy (non-hydrogen) atoms. The lowest BCUT2D eigenvalue weighted by Gasteiger charge is -2.10. The molecule has 0 spiro atoms. The lowest BCUT2D eigenvalue weighted by atomic mass is 9.96. The Balaban J connectivity index is 2.15. The van der Waals surface area contributed by atoms with E-state index in [1.807, 2.05) is 5.57 Å². The first-order chi connectivity index (χ1) is 5.38. The highest BCUT2D eigenvalue weighted by atomic mass is 14.3. The molecule has 2 aliphatic rings. The molecule has 0 aromatic carbocycles. The minimum atomic E-state index is 0.915. The average molecular weight is 150 g/mol. The van der Waals surface area contributed by atoms with E-state index in [1.54, 1.807) is 0 Å². The summed E-state index contributed by atoms with van der Waals surface area (Å²) in [4.78, 5) is 0. The zero-order valence-corrected chi connectivity index (χ0v) is 7.47. The molecule has 0 radical (unpaired) electrons. The van der Waals surface area contributed by atoms with E-state index >= 15 is 0 Å². The Morgan fingerprint density at radius 1 is 1.18 bits per heavy atom. The zero-order chi connectivity index (χ0) is 7.68. The molecular formula is C11H18. The van der Waals surface area contributed by atoms with Crippen molar-refractivity contribution in [3.05, 3.63) is 11.6 Å². The smallest absolute Gasteiger partial charge is 0.0200 e. The second-order valence-corrected chi connectivity index (χ2v) is 4.16. The minimum Gasteiger partial charge on any atom is -0.0848 e. The van der Waals surface area contributed by atoms with Gasteiger partial charge in [0.1, 0.15) is 0 Å². The third-order valence-electron chi connectivity index (χ3n) is 3.38. The fourth-order valence-electron chi connectivity index (χ4n) is 2.67. The van der Waals surface area contributed by atoms with Crippen LogP contribution in [0.1, 0.15) is 45.4 Å². The summed E-state index contributed by atoms with van der Waals surface area (Å²) in [6.45, 7) is 2.40. The van der Waals surface area contributed by atoms with Gasteiger partial charge >= 0.3 is 0 Å². The van der Waals surface area contributed by atoms with Gasteiger partial charge < -0.3 is 0 Å². The number of fused-ring (bicyclic) bond motifs is 1. The summed E-state index contributed by atoms with van der Waals surface area (Å²) in [5, 5.41) is 0. The van der Waals surface area contributed by atoms with Gasteiger partial charge in [-0.3, -0.25) is 0 Å². The molecule has 1 saturated carbocycles. The van der Waals surface area contributed by atoms with E-state index in [0.717, 1.165) is 11.8 Å². The van der Waals surface area contributed by atoms with Gasteiger partial charge in [0.05, 0.1) is 0 Å². The maximum Gasteiger partial charge on any atom is -0.0200 e. The standard InChI is InChI=1S/C11H18/c1-9-7-8-10-5-3-2-4-6-11(9)10/h6,9-10H,2-5,7-8H2,1H3. The van der Waals surface area contributed by atoms with Crippen molar-refractivity contribution in [2.75, 3.05) is 0 Å². The third-order valence-corrected chi connectivity index (χ3v) is 3.38. The predicted molar refractivity (Wildman–Crippen MR) is 48.4 cm³/mol. The van der Waals surface area contributed by atoms with E-state index < -0.39 is 0 Å². The Kier molecular flexibility index (Phi) is 2.02. The van der Waals surface area contributed by atoms with Crippen LogP contribution < -0.4 is 0 Å². The molecule has 2 unspecified atom stereocenters. The van der Waals surface area contributed by atoms with Crippen LogP contribution >= 0.6 is 0 Å². The molecular weight excluding hydrogens is 132 g/mol. The summed E-state index contributed by atoms with van der Waals surface area (Å²) in [6, 6.07) is 0. The molecule has 0 aromatic heterocycles. The first-order valence-electron chi connectivity index (χ1n) is 5.08. The molecule has 0 N–H and O–H groups in total. The van der Waals surface area contributed by atoms with Crippen molar-refractivity contribution in [2.24, 2.45) is 11.8 Å². The van der Waals surface area contributed by atoms with Crippen molar-refractivity contribution < 1.29 is 0 Å². The molecule has 0 nitrogen and oxygen atoms in total. The largest absolute Gasteiger partial charge is 0.0848 e. The van der Waals surface area contributed by atoms with Crippen molar-refractivity contribution in [3.8, 4) is 0 Å². The molecule has 0 amide bonds. The fraction of sp³-hybridized carbons (Fsp3) is 0.818. The van der Waals surface area contributed by atoms with Gasteiger partial charge in [-0.15, -0.1) is 0 Å². The van der Waals surface area contributed by atoms with Gasteiger partial charge in [-0.2, -0.15) is 0 Å². The maximum atomic E-state index is 2.54. The molecule has 2 aliphatic carbocycles. The van der Waals surface area contributed by atoms with Crippen LogP contribution in [0.5, 0.6) is 0 Å². The third kappa shape index (κ3) is 1.36. The molecule has 0 aromatic rings. The Labute approximate surface area is 69.7 Å². The van der Waals surface area contributed by atoms with Crippen LogP contribution in [0, 0.1) is 11.8 Å². The van der Waals surface area contributed by atoms with Crippen LogP contribution in [-0.4, -0.2) is 0 Å². The van der Waals surface area contributed by atoms with Crippen LogP contribution in [0.4, 0.5) is 0 Å². The number of allylic oxidation sites excluding steroid dienone is 2. The maximum absolute atomic E-state index is 2.54. The fourth-order valence-corrected chi connectivity index (χ4v) is 2.67. The van der Waals surface area contributed by atoms with Crippen LogP contribution in [0.3, 0.4) is 0 Å². The Morgan fingerprint density at radius 2 is 2.09 bits per heavy atom. The summed E-state index contributed by atoms with van der Waals surface area (Å²) >= 11 is 0. The van der Waals surface area contributed by atoms with Gasteiger partial charge in [0.25, 0.3) is 0 Å². The van der Waals surface area contributed by atoms with Gasteiger partial charge in [0.15, 0.2) is 0 Å². The van der Waals surface area contributed by atoms with Crippen molar-refractivity contribution >= 4 is 0 Å². The Hall–Kier alpha value is -0.260. The molecule has 62 valence electrons. The highest BCUT2D eigenvalue weighted by Gasteiger charge is 2.27. The van der Waals surface area contributed by atoms with E-state index in [4.69, 9.17) is 0 Å². The van der Waals surface area contributed by atoms with Crippen molar-refractivity contribution in [1.29, 1.82) is 0 Å². The zero-order valence-electron chi connectivity index (χ0n) is 7.47. The molecule has 0 aliphatic heterocycles. The van der Waals surface area contributed by atoms with Gasteiger partial charge in [0, 0.05) is 0 Å². The van der Waals surface area contributed by atoms with Crippen molar-refractivity contribution in [1.82, 2.24) is 0 Å². The lowest BCUT2D eigenvalue weighted by molar-refractivity contribution is 0.547. The minimum absolute atomic E-state index is 0.915. The van der Waals surface area contributed by atoms with E-state index in [-0.39, 0.29) is 0 Å². The summed E-state index contributed by atoms with van der Waals surface area (Å²) in [5.41, 5.74) is 1.81. The lowest BCUT2D eigenvalue weighted by Crippen LogP contribution is -1.97. The van der Waals surface area contributed by atoms with E-state index in [1.165, 1.54) is 38.5 Å². The van der Waals surface area contributed by atoms with Gasteiger partial charge in [-0.25, -0.2) is 0 Å². The molecule has 0 bridgehead atoms. The molecule has 0 heteroatoms. The summed E-state index contributed by atoms with van der Waals surface area (Å²) < 4.78 is 0. The molecule has 2 rings (SSSR count). The second kappa shape index (κ2) is 3.00. The van der Waals surface area contributed by atoms with Crippen molar-refractivity contribution in [2.45, 2.75) is 45.4 Å². The average Bonchev–Trinajstić information content (AvgIpc) is 2.25. The van der Waals surface area contributed by atoms with E-state index in [2.05, 4.69) is 13.0 Å². The molecule has 0 saturated heterocycles. The monoisotopic (exact) mass is 150 g/mol. The second-order valence-electron chi connectivity index (χ2n) is 4.16. The highest BCUT2D eigenvalue weighted by molar-refractivity contribution is 5.15. The SMILES string of the molecule is CC1CCC2CCCCC=C12. The Morgan fingerprint density at radius 3 is 3.00 bits per heavy atom. The van der Waals surface area contributed by atoms with E-state index in [0.29, 0.717) is 0 Å². The van der Waals surface area contributed by atoms with Gasteiger partial charge in [-0.05, 0) is 43.9 Å². The Bertz CT molecular complexity index is 167. The summed E-state index contributed by atoms with van der Waals surface area (Å²) in [6.07, 6.45) is 11.2. The normalized spacial score (nSPS) is 37.7. The first kappa shape index (κ1) is 7.39. The number of hydrogen-bond donors (Lipinski definition) is 0. The van der Waals surface area contributed by atoms with Crippen LogP contribution in [-0.2, 0) is 0 Å². The molecule has 1 fully saturated rings. The summed E-state index contributed by atoms with van der Waals surface area (Å²) in [5.74, 6) is 1.91. The number of hydrogen-bond acceptors (Lipinski definition) is 0. The topological polar surface area (TPSA) is 0 Å². The highest BCUT2D eigenvalue weighted by Crippen LogP contribution is 2.40. The van der Waals surface area contributed by atoms with E-state index in [9.17, 15) is 0 Å². The summed E-state index contributed by atoms with van der Waals surface area (Å²) in [7, 11) is 0. The molecule has 0 heterocycles. The van der Waals surface area contributed by atoms with Gasteiger partial charge in [0.2, 0.25) is 0 Å². The van der Waals surface area contributed by atoms with Gasteiger partial charge in [-0.1, -0.05) is 25.0 Å². The van der Waals surface area contributed by atoms with Crippen LogP contribution in [0.15, 0.2) is 11.6 Å². The van der Waals surface area contributed by atoms with Crippen molar-refractivity contribution in [3.63, 3.8) is 0 Å². The number of rotatable bonds is 0. The quantitative estimate of drug-likeness (QED) is 0.463. The van der Waals surface area contributed by atoms with Crippen LogP contribution in [0.2, 0.25) is 0 Å². The molecule has 2 atom stereocenters. The predicted octanol–water partition coefficient (Wildman–Crippen LogP) is 3.53. The first-order valence-corrected chi connectivity index (χ1v) is 5.08. The van der Waals surface area contributed by atoms with Crippen LogP contribution in [0.25, 0.3) is 0 Å².